The number of carbonyl (C=O) groups is 1. The minimum Gasteiger partial charge on any atom is -0.465 e. The van der Waals surface area contributed by atoms with Gasteiger partial charge in [0.15, 0.2) is 5.11 Å². The molecule has 2 atom stereocenters. The molecule has 0 aliphatic carbocycles. The lowest BCUT2D eigenvalue weighted by Crippen LogP contribution is -2.51. The zero-order chi connectivity index (χ0) is 17.0. The van der Waals surface area contributed by atoms with Gasteiger partial charge in [-0.1, -0.05) is 24.8 Å². The highest BCUT2D eigenvalue weighted by molar-refractivity contribution is 7.80. The number of ether oxygens (including phenoxy) is 2. The molecule has 0 aromatic heterocycles. The molecule has 1 aromatic carbocycles. The van der Waals surface area contributed by atoms with Crippen molar-refractivity contribution in [1.29, 1.82) is 0 Å². The monoisotopic (exact) mass is 342 g/mol. The SMILES string of the molecule is C=C1NC(=S)NC(c2ccccc2OC(F)F)C1C(=O)OCC. The smallest absolute Gasteiger partial charge is 0.387 e. The van der Waals surface area contributed by atoms with Crippen LogP contribution < -0.4 is 15.4 Å². The van der Waals surface area contributed by atoms with E-state index >= 15 is 0 Å². The second kappa shape index (κ2) is 7.36. The van der Waals surface area contributed by atoms with Crippen LogP contribution in [0.1, 0.15) is 18.5 Å². The fraction of sp³-hybridized carbons (Fsp3) is 0.333. The van der Waals surface area contributed by atoms with Crippen molar-refractivity contribution < 1.29 is 23.0 Å². The summed E-state index contributed by atoms with van der Waals surface area (Å²) in [4.78, 5) is 12.2. The van der Waals surface area contributed by atoms with E-state index in [-0.39, 0.29) is 17.5 Å². The molecule has 5 nitrogen and oxygen atoms in total. The van der Waals surface area contributed by atoms with E-state index in [1.165, 1.54) is 6.07 Å². The van der Waals surface area contributed by atoms with Crippen LogP contribution in [0.25, 0.3) is 0 Å². The van der Waals surface area contributed by atoms with Crippen molar-refractivity contribution in [2.45, 2.75) is 19.6 Å². The Morgan fingerprint density at radius 1 is 1.43 bits per heavy atom. The molecule has 1 saturated heterocycles. The highest BCUT2D eigenvalue weighted by Crippen LogP contribution is 2.35. The molecule has 23 heavy (non-hydrogen) atoms. The van der Waals surface area contributed by atoms with E-state index in [0.717, 1.165) is 0 Å². The summed E-state index contributed by atoms with van der Waals surface area (Å²) in [6.07, 6.45) is 0. The Morgan fingerprint density at radius 3 is 2.78 bits per heavy atom. The highest BCUT2D eigenvalue weighted by atomic mass is 32.1. The number of alkyl halides is 2. The minimum absolute atomic E-state index is 0.0354. The normalized spacial score (nSPS) is 20.7. The number of hydrogen-bond donors (Lipinski definition) is 2. The number of nitrogens with one attached hydrogen (secondary N) is 2. The van der Waals surface area contributed by atoms with Gasteiger partial charge >= 0.3 is 12.6 Å². The average Bonchev–Trinajstić information content (AvgIpc) is 2.46. The van der Waals surface area contributed by atoms with E-state index in [0.29, 0.717) is 11.3 Å². The molecule has 0 bridgehead atoms. The van der Waals surface area contributed by atoms with Crippen molar-refractivity contribution in [2.24, 2.45) is 5.92 Å². The first kappa shape index (κ1) is 17.1. The van der Waals surface area contributed by atoms with Gasteiger partial charge in [0, 0.05) is 11.3 Å². The number of thiocarbonyl (C=S) groups is 1. The zero-order valence-electron chi connectivity index (χ0n) is 12.3. The van der Waals surface area contributed by atoms with E-state index in [4.69, 9.17) is 17.0 Å². The predicted octanol–water partition coefficient (Wildman–Crippen LogP) is 2.50. The Kier molecular flexibility index (Phi) is 5.49. The first-order valence-corrected chi connectivity index (χ1v) is 7.31. The number of esters is 1. The summed E-state index contributed by atoms with van der Waals surface area (Å²) >= 11 is 5.07. The molecule has 1 aromatic rings. The van der Waals surface area contributed by atoms with Gasteiger partial charge in [0.2, 0.25) is 0 Å². The van der Waals surface area contributed by atoms with Crippen molar-refractivity contribution in [2.75, 3.05) is 6.61 Å². The maximum absolute atomic E-state index is 12.6. The molecule has 8 heteroatoms. The number of rotatable bonds is 5. The summed E-state index contributed by atoms with van der Waals surface area (Å²) in [5.74, 6) is -1.40. The van der Waals surface area contributed by atoms with Crippen LogP contribution in [0.4, 0.5) is 8.78 Å². The number of hydrogen-bond acceptors (Lipinski definition) is 4. The summed E-state index contributed by atoms with van der Waals surface area (Å²) in [7, 11) is 0. The van der Waals surface area contributed by atoms with Crippen LogP contribution in [0.2, 0.25) is 0 Å². The van der Waals surface area contributed by atoms with Crippen molar-refractivity contribution in [3.63, 3.8) is 0 Å². The van der Waals surface area contributed by atoms with Crippen LogP contribution in [-0.2, 0) is 9.53 Å². The summed E-state index contributed by atoms with van der Waals surface area (Å²) in [6, 6.07) is 5.49. The van der Waals surface area contributed by atoms with Gasteiger partial charge in [0.25, 0.3) is 0 Å². The third-order valence-corrected chi connectivity index (χ3v) is 3.50. The minimum atomic E-state index is -2.98. The standard InChI is InChI=1S/C15H16F2N2O3S/c1-3-21-13(20)11-8(2)18-15(23)19-12(11)9-6-4-5-7-10(9)22-14(16)17/h4-7,11-12,14H,2-3H2,1H3,(H2,18,19,23). The fourth-order valence-electron chi connectivity index (χ4n) is 2.39. The number of halogens is 2. The van der Waals surface area contributed by atoms with Gasteiger partial charge in [-0.25, -0.2) is 0 Å². The summed E-state index contributed by atoms with van der Waals surface area (Å²) in [5.41, 5.74) is 0.708. The van der Waals surface area contributed by atoms with Crippen LogP contribution in [-0.4, -0.2) is 24.3 Å². The van der Waals surface area contributed by atoms with E-state index < -0.39 is 24.5 Å². The van der Waals surface area contributed by atoms with Gasteiger partial charge in [-0.3, -0.25) is 4.79 Å². The molecule has 1 fully saturated rings. The lowest BCUT2D eigenvalue weighted by Gasteiger charge is -2.35. The molecule has 0 saturated carbocycles. The maximum atomic E-state index is 12.6. The van der Waals surface area contributed by atoms with Gasteiger partial charge in [-0.05, 0) is 25.2 Å². The Labute approximate surface area is 137 Å². The predicted molar refractivity (Wildman–Crippen MR) is 83.9 cm³/mol. The highest BCUT2D eigenvalue weighted by Gasteiger charge is 2.39. The second-order valence-electron chi connectivity index (χ2n) is 4.75. The van der Waals surface area contributed by atoms with E-state index in [1.54, 1.807) is 25.1 Å². The third kappa shape index (κ3) is 3.95. The van der Waals surface area contributed by atoms with Crippen LogP contribution in [0.5, 0.6) is 5.75 Å². The van der Waals surface area contributed by atoms with Crippen LogP contribution >= 0.6 is 12.2 Å². The van der Waals surface area contributed by atoms with Crippen molar-refractivity contribution in [3.8, 4) is 5.75 Å². The topological polar surface area (TPSA) is 59.6 Å². The lowest BCUT2D eigenvalue weighted by molar-refractivity contribution is -0.147. The maximum Gasteiger partial charge on any atom is 0.387 e. The van der Waals surface area contributed by atoms with Gasteiger partial charge < -0.3 is 20.1 Å². The molecule has 1 aliphatic rings. The Morgan fingerprint density at radius 2 is 2.13 bits per heavy atom. The van der Waals surface area contributed by atoms with Crippen molar-refractivity contribution in [1.82, 2.24) is 10.6 Å². The van der Waals surface area contributed by atoms with E-state index in [2.05, 4.69) is 21.9 Å². The first-order chi connectivity index (χ1) is 10.9. The quantitative estimate of drug-likeness (QED) is 0.633. The summed E-state index contributed by atoms with van der Waals surface area (Å²) in [5, 5.41) is 5.91. The number of carbonyl (C=O) groups excluding carboxylic acids is 1. The summed E-state index contributed by atoms with van der Waals surface area (Å²) < 4.78 is 34.8. The molecule has 0 amide bonds. The second-order valence-corrected chi connectivity index (χ2v) is 5.16. The molecular weight excluding hydrogens is 326 g/mol. The van der Waals surface area contributed by atoms with Gasteiger partial charge in [0.1, 0.15) is 11.7 Å². The average molecular weight is 342 g/mol. The molecule has 1 aliphatic heterocycles. The summed E-state index contributed by atoms with van der Waals surface area (Å²) in [6.45, 7) is 2.68. The van der Waals surface area contributed by atoms with Crippen LogP contribution in [0, 0.1) is 5.92 Å². The fourth-order valence-corrected chi connectivity index (χ4v) is 2.65. The van der Waals surface area contributed by atoms with Crippen LogP contribution in [0.15, 0.2) is 36.5 Å². The van der Waals surface area contributed by atoms with Crippen molar-refractivity contribution >= 4 is 23.3 Å². The molecule has 0 spiro atoms. The van der Waals surface area contributed by atoms with Gasteiger partial charge in [0.05, 0.1) is 12.6 Å². The van der Waals surface area contributed by atoms with Crippen molar-refractivity contribution in [3.05, 3.63) is 42.1 Å². The largest absolute Gasteiger partial charge is 0.465 e. The van der Waals surface area contributed by atoms with Gasteiger partial charge in [-0.15, -0.1) is 0 Å². The van der Waals surface area contributed by atoms with Gasteiger partial charge in [-0.2, -0.15) is 8.78 Å². The Bertz CT molecular complexity index is 624. The van der Waals surface area contributed by atoms with Crippen LogP contribution in [0.3, 0.4) is 0 Å². The molecule has 0 radical (unpaired) electrons. The first-order valence-electron chi connectivity index (χ1n) is 6.90. The number of para-hydroxylation sites is 1. The van der Waals surface area contributed by atoms with E-state index in [1.807, 2.05) is 0 Å². The molecule has 124 valence electrons. The molecule has 2 unspecified atom stereocenters. The zero-order valence-corrected chi connectivity index (χ0v) is 13.2. The van der Waals surface area contributed by atoms with E-state index in [9.17, 15) is 13.6 Å². The Hall–Kier alpha value is -2.22. The molecular formula is C15H16F2N2O3S. The molecule has 2 rings (SSSR count). The molecule has 2 N–H and O–H groups in total. The Balaban J connectivity index is 2.42. The third-order valence-electron chi connectivity index (χ3n) is 3.28. The number of benzene rings is 1. The lowest BCUT2D eigenvalue weighted by atomic mass is 9.88. The molecule has 1 heterocycles.